The zero-order valence-electron chi connectivity index (χ0n) is 9.62. The quantitative estimate of drug-likeness (QED) is 0.670. The van der Waals surface area contributed by atoms with Crippen LogP contribution in [0.2, 0.25) is 5.02 Å². The zero-order chi connectivity index (χ0) is 12.4. The van der Waals surface area contributed by atoms with Gasteiger partial charge in [-0.3, -0.25) is 0 Å². The fraction of sp³-hybridized carbons (Fsp3) is 0. The van der Waals surface area contributed by atoms with Gasteiger partial charge in [0.25, 0.3) is 0 Å². The van der Waals surface area contributed by atoms with Crippen molar-refractivity contribution in [3.8, 4) is 16.8 Å². The van der Waals surface area contributed by atoms with Gasteiger partial charge in [0.2, 0.25) is 0 Å². The maximum Gasteiger partial charge on any atom is 0.0838 e. The van der Waals surface area contributed by atoms with E-state index in [9.17, 15) is 0 Å². The SMILES string of the molecule is Clc1c(-c2ccccc2)cccc1-n1cccn1. The summed E-state index contributed by atoms with van der Waals surface area (Å²) in [5.41, 5.74) is 3.02. The number of hydrogen-bond donors (Lipinski definition) is 0. The Kier molecular flexibility index (Phi) is 2.87. The fourth-order valence-corrected chi connectivity index (χ4v) is 2.27. The zero-order valence-corrected chi connectivity index (χ0v) is 10.4. The highest BCUT2D eigenvalue weighted by Gasteiger charge is 2.09. The number of nitrogens with zero attached hydrogens (tertiary/aromatic N) is 2. The van der Waals surface area contributed by atoms with Crippen molar-refractivity contribution in [2.75, 3.05) is 0 Å². The van der Waals surface area contributed by atoms with Crippen molar-refractivity contribution in [3.05, 3.63) is 72.0 Å². The third-order valence-electron chi connectivity index (χ3n) is 2.81. The molecule has 3 heteroatoms. The van der Waals surface area contributed by atoms with Crippen LogP contribution in [0.5, 0.6) is 0 Å². The lowest BCUT2D eigenvalue weighted by atomic mass is 10.1. The molecule has 0 aliphatic rings. The summed E-state index contributed by atoms with van der Waals surface area (Å²) in [4.78, 5) is 0. The van der Waals surface area contributed by atoms with Gasteiger partial charge in [-0.1, -0.05) is 54.1 Å². The molecule has 0 atom stereocenters. The van der Waals surface area contributed by atoms with Gasteiger partial charge in [0.15, 0.2) is 0 Å². The van der Waals surface area contributed by atoms with E-state index in [-0.39, 0.29) is 0 Å². The molecule has 1 heterocycles. The first kappa shape index (κ1) is 11.1. The van der Waals surface area contributed by atoms with Crippen LogP contribution in [0, 0.1) is 0 Å². The summed E-state index contributed by atoms with van der Waals surface area (Å²) in [6, 6.07) is 18.0. The van der Waals surface area contributed by atoms with E-state index in [1.807, 2.05) is 60.8 Å². The van der Waals surface area contributed by atoms with E-state index in [1.165, 1.54) is 0 Å². The molecule has 2 nitrogen and oxygen atoms in total. The molecule has 0 fully saturated rings. The molecule has 18 heavy (non-hydrogen) atoms. The predicted molar refractivity (Wildman–Crippen MR) is 74.0 cm³/mol. The third-order valence-corrected chi connectivity index (χ3v) is 3.21. The summed E-state index contributed by atoms with van der Waals surface area (Å²) < 4.78 is 1.77. The first-order valence-corrected chi connectivity index (χ1v) is 6.08. The van der Waals surface area contributed by atoms with Crippen LogP contribution < -0.4 is 0 Å². The lowest BCUT2D eigenvalue weighted by molar-refractivity contribution is 0.881. The smallest absolute Gasteiger partial charge is 0.0838 e. The molecule has 0 saturated heterocycles. The summed E-state index contributed by atoms with van der Waals surface area (Å²) in [7, 11) is 0. The van der Waals surface area contributed by atoms with Gasteiger partial charge in [0.05, 0.1) is 10.7 Å². The molecule has 0 N–H and O–H groups in total. The van der Waals surface area contributed by atoms with Crippen LogP contribution in [0.1, 0.15) is 0 Å². The van der Waals surface area contributed by atoms with Gasteiger partial charge in [0.1, 0.15) is 0 Å². The first-order valence-electron chi connectivity index (χ1n) is 5.70. The highest BCUT2D eigenvalue weighted by molar-refractivity contribution is 6.35. The molecule has 0 aliphatic carbocycles. The van der Waals surface area contributed by atoms with Crippen molar-refractivity contribution >= 4 is 11.6 Å². The molecule has 0 bridgehead atoms. The Bertz CT molecular complexity index is 646. The first-order chi connectivity index (χ1) is 8.86. The molecule has 0 saturated carbocycles. The summed E-state index contributed by atoms with van der Waals surface area (Å²) in [5, 5.41) is 4.93. The number of aromatic nitrogens is 2. The summed E-state index contributed by atoms with van der Waals surface area (Å²) in [6.07, 6.45) is 3.63. The highest BCUT2D eigenvalue weighted by Crippen LogP contribution is 2.32. The molecule has 2 aromatic carbocycles. The van der Waals surface area contributed by atoms with Crippen molar-refractivity contribution in [1.82, 2.24) is 9.78 Å². The predicted octanol–water partition coefficient (Wildman–Crippen LogP) is 4.19. The van der Waals surface area contributed by atoms with E-state index in [1.54, 1.807) is 10.9 Å². The Hall–Kier alpha value is -2.06. The molecule has 3 rings (SSSR count). The third kappa shape index (κ3) is 1.91. The molecular weight excluding hydrogens is 244 g/mol. The van der Waals surface area contributed by atoms with E-state index in [0.29, 0.717) is 5.02 Å². The van der Waals surface area contributed by atoms with Gasteiger partial charge in [0, 0.05) is 18.0 Å². The van der Waals surface area contributed by atoms with Gasteiger partial charge in [-0.05, 0) is 17.7 Å². The minimum atomic E-state index is 0.715. The maximum absolute atomic E-state index is 6.47. The van der Waals surface area contributed by atoms with Crippen LogP contribution in [0.3, 0.4) is 0 Å². The summed E-state index contributed by atoms with van der Waals surface area (Å²) in [6.45, 7) is 0. The lowest BCUT2D eigenvalue weighted by Gasteiger charge is -2.09. The summed E-state index contributed by atoms with van der Waals surface area (Å²) in [5.74, 6) is 0. The number of rotatable bonds is 2. The second kappa shape index (κ2) is 4.67. The molecule has 1 aromatic heterocycles. The van der Waals surface area contributed by atoms with E-state index < -0.39 is 0 Å². The fourth-order valence-electron chi connectivity index (χ4n) is 1.95. The van der Waals surface area contributed by atoms with E-state index >= 15 is 0 Å². The monoisotopic (exact) mass is 254 g/mol. The standard InChI is InChI=1S/C15H11ClN2/c16-15-13(12-6-2-1-3-7-12)8-4-9-14(15)18-11-5-10-17-18/h1-11H. The lowest BCUT2D eigenvalue weighted by Crippen LogP contribution is -1.96. The van der Waals surface area contributed by atoms with Gasteiger partial charge >= 0.3 is 0 Å². The number of benzene rings is 2. The average molecular weight is 255 g/mol. The van der Waals surface area contributed by atoms with E-state index in [2.05, 4.69) is 5.10 Å². The molecule has 3 aromatic rings. The Morgan fingerprint density at radius 2 is 1.72 bits per heavy atom. The van der Waals surface area contributed by atoms with Crippen molar-refractivity contribution in [2.45, 2.75) is 0 Å². The van der Waals surface area contributed by atoms with Crippen LogP contribution in [0.15, 0.2) is 67.0 Å². The van der Waals surface area contributed by atoms with E-state index in [4.69, 9.17) is 11.6 Å². The molecule has 0 spiro atoms. The van der Waals surface area contributed by atoms with Gasteiger partial charge < -0.3 is 0 Å². The Balaban J connectivity index is 2.16. The largest absolute Gasteiger partial charge is 0.239 e. The van der Waals surface area contributed by atoms with Crippen molar-refractivity contribution in [1.29, 1.82) is 0 Å². The van der Waals surface area contributed by atoms with Crippen LogP contribution in [0.25, 0.3) is 16.8 Å². The Morgan fingerprint density at radius 3 is 2.44 bits per heavy atom. The normalized spacial score (nSPS) is 10.5. The molecule has 0 aliphatic heterocycles. The van der Waals surface area contributed by atoms with Crippen molar-refractivity contribution in [3.63, 3.8) is 0 Å². The molecular formula is C15H11ClN2. The summed E-state index contributed by atoms with van der Waals surface area (Å²) >= 11 is 6.47. The topological polar surface area (TPSA) is 17.8 Å². The minimum absolute atomic E-state index is 0.715. The Labute approximate surface area is 110 Å². The second-order valence-corrected chi connectivity index (χ2v) is 4.33. The highest BCUT2D eigenvalue weighted by atomic mass is 35.5. The van der Waals surface area contributed by atoms with Gasteiger partial charge in [-0.15, -0.1) is 0 Å². The molecule has 88 valence electrons. The molecule has 0 amide bonds. The molecule has 0 radical (unpaired) electrons. The van der Waals surface area contributed by atoms with Crippen LogP contribution >= 0.6 is 11.6 Å². The van der Waals surface area contributed by atoms with E-state index in [0.717, 1.165) is 16.8 Å². The number of hydrogen-bond acceptors (Lipinski definition) is 1. The van der Waals surface area contributed by atoms with Crippen LogP contribution in [-0.2, 0) is 0 Å². The Morgan fingerprint density at radius 1 is 0.889 bits per heavy atom. The van der Waals surface area contributed by atoms with Crippen LogP contribution in [-0.4, -0.2) is 9.78 Å². The van der Waals surface area contributed by atoms with Gasteiger partial charge in [-0.2, -0.15) is 5.10 Å². The maximum atomic E-state index is 6.47. The number of halogens is 1. The minimum Gasteiger partial charge on any atom is -0.239 e. The van der Waals surface area contributed by atoms with Crippen molar-refractivity contribution < 1.29 is 0 Å². The van der Waals surface area contributed by atoms with Gasteiger partial charge in [-0.25, -0.2) is 4.68 Å². The average Bonchev–Trinajstić information content (AvgIpc) is 2.94. The van der Waals surface area contributed by atoms with Crippen molar-refractivity contribution in [2.24, 2.45) is 0 Å². The molecule has 0 unspecified atom stereocenters. The van der Waals surface area contributed by atoms with Crippen LogP contribution in [0.4, 0.5) is 0 Å². The second-order valence-electron chi connectivity index (χ2n) is 3.96.